The summed E-state index contributed by atoms with van der Waals surface area (Å²) in [6.07, 6.45) is 0.473. The number of rotatable bonds is 11. The molecule has 3 rings (SSSR count). The summed E-state index contributed by atoms with van der Waals surface area (Å²) >= 11 is 1.59. The summed E-state index contributed by atoms with van der Waals surface area (Å²) in [5.41, 5.74) is 4.45. The molecular formula is C29H34N2O2S. The first-order chi connectivity index (χ1) is 16.4. The van der Waals surface area contributed by atoms with E-state index in [1.165, 1.54) is 11.1 Å². The fourth-order valence-electron chi connectivity index (χ4n) is 3.74. The molecule has 0 radical (unpaired) electrons. The highest BCUT2D eigenvalue weighted by Crippen LogP contribution is 2.19. The number of benzene rings is 3. The highest BCUT2D eigenvalue weighted by Gasteiger charge is 2.30. The molecule has 0 heterocycles. The summed E-state index contributed by atoms with van der Waals surface area (Å²) in [7, 11) is 0. The molecule has 0 fully saturated rings. The molecule has 1 atom stereocenters. The molecular weight excluding hydrogens is 440 g/mol. The number of hydrogen-bond acceptors (Lipinski definition) is 3. The second-order valence-corrected chi connectivity index (χ2v) is 9.84. The van der Waals surface area contributed by atoms with Gasteiger partial charge in [0, 0.05) is 24.8 Å². The predicted molar refractivity (Wildman–Crippen MR) is 142 cm³/mol. The molecule has 0 aliphatic carbocycles. The van der Waals surface area contributed by atoms with Crippen molar-refractivity contribution < 1.29 is 9.59 Å². The average molecular weight is 475 g/mol. The van der Waals surface area contributed by atoms with E-state index >= 15 is 0 Å². The van der Waals surface area contributed by atoms with Gasteiger partial charge in [-0.2, -0.15) is 0 Å². The van der Waals surface area contributed by atoms with Crippen molar-refractivity contribution in [1.29, 1.82) is 0 Å². The maximum absolute atomic E-state index is 13.5. The van der Waals surface area contributed by atoms with Gasteiger partial charge in [-0.25, -0.2) is 0 Å². The van der Waals surface area contributed by atoms with Crippen LogP contribution in [0.1, 0.15) is 36.1 Å². The lowest BCUT2D eigenvalue weighted by Crippen LogP contribution is -2.52. The van der Waals surface area contributed by atoms with E-state index in [1.807, 2.05) is 74.5 Å². The van der Waals surface area contributed by atoms with Gasteiger partial charge in [-0.1, -0.05) is 90.5 Å². The Morgan fingerprint density at radius 2 is 1.41 bits per heavy atom. The van der Waals surface area contributed by atoms with Crippen LogP contribution in [-0.2, 0) is 28.3 Å². The summed E-state index contributed by atoms with van der Waals surface area (Å²) in [4.78, 5) is 28.6. The molecule has 4 nitrogen and oxygen atoms in total. The van der Waals surface area contributed by atoms with Crippen LogP contribution in [0.3, 0.4) is 0 Å². The van der Waals surface area contributed by atoms with E-state index in [1.54, 1.807) is 16.7 Å². The Kier molecular flexibility index (Phi) is 9.77. The minimum atomic E-state index is -0.586. The molecule has 0 bridgehead atoms. The molecule has 178 valence electrons. The largest absolute Gasteiger partial charge is 0.352 e. The molecule has 2 amide bonds. The van der Waals surface area contributed by atoms with Crippen LogP contribution in [0.2, 0.25) is 0 Å². The first-order valence-electron chi connectivity index (χ1n) is 11.7. The molecule has 3 aromatic carbocycles. The standard InChI is InChI=1S/C29H34N2O2S/c1-22(2)30-29(33)27(18-24-10-6-4-7-11-24)31(19-25-12-8-5-9-13-25)28(32)21-34-20-26-16-14-23(3)15-17-26/h4-17,22,27H,18-21H2,1-3H3,(H,30,33). The van der Waals surface area contributed by atoms with Crippen molar-refractivity contribution in [2.75, 3.05) is 5.75 Å². The van der Waals surface area contributed by atoms with Crippen LogP contribution in [0.15, 0.2) is 84.9 Å². The molecule has 0 spiro atoms. The van der Waals surface area contributed by atoms with Crippen LogP contribution < -0.4 is 5.32 Å². The van der Waals surface area contributed by atoms with E-state index in [9.17, 15) is 9.59 Å². The smallest absolute Gasteiger partial charge is 0.243 e. The molecule has 0 aromatic heterocycles. The van der Waals surface area contributed by atoms with Crippen molar-refractivity contribution in [1.82, 2.24) is 10.2 Å². The van der Waals surface area contributed by atoms with E-state index in [2.05, 4.69) is 36.5 Å². The second kappa shape index (κ2) is 13.0. The van der Waals surface area contributed by atoms with Crippen LogP contribution in [-0.4, -0.2) is 34.6 Å². The van der Waals surface area contributed by atoms with E-state index in [0.717, 1.165) is 16.9 Å². The number of hydrogen-bond donors (Lipinski definition) is 1. The zero-order valence-corrected chi connectivity index (χ0v) is 21.1. The first kappa shape index (κ1) is 25.6. The van der Waals surface area contributed by atoms with E-state index in [0.29, 0.717) is 18.7 Å². The first-order valence-corrected chi connectivity index (χ1v) is 12.9. The van der Waals surface area contributed by atoms with Crippen LogP contribution in [0.5, 0.6) is 0 Å². The molecule has 5 heteroatoms. The second-order valence-electron chi connectivity index (χ2n) is 8.85. The maximum atomic E-state index is 13.5. The van der Waals surface area contributed by atoms with Gasteiger partial charge in [0.05, 0.1) is 5.75 Å². The van der Waals surface area contributed by atoms with E-state index < -0.39 is 6.04 Å². The number of nitrogens with one attached hydrogen (secondary N) is 1. The van der Waals surface area contributed by atoms with Gasteiger partial charge in [0.2, 0.25) is 11.8 Å². The average Bonchev–Trinajstić information content (AvgIpc) is 2.83. The number of carbonyl (C=O) groups excluding carboxylic acids is 2. The lowest BCUT2D eigenvalue weighted by atomic mass is 10.0. The number of amides is 2. The molecule has 0 saturated carbocycles. The molecule has 1 N–H and O–H groups in total. The fourth-order valence-corrected chi connectivity index (χ4v) is 4.61. The number of aryl methyl sites for hydroxylation is 1. The van der Waals surface area contributed by atoms with Crippen LogP contribution in [0.25, 0.3) is 0 Å². The molecule has 3 aromatic rings. The van der Waals surface area contributed by atoms with Gasteiger partial charge < -0.3 is 10.2 Å². The van der Waals surface area contributed by atoms with Crippen LogP contribution in [0, 0.1) is 6.92 Å². The Labute approximate surface area is 207 Å². The Morgan fingerprint density at radius 3 is 2.00 bits per heavy atom. The summed E-state index contributed by atoms with van der Waals surface area (Å²) < 4.78 is 0. The van der Waals surface area contributed by atoms with Gasteiger partial charge in [0.15, 0.2) is 0 Å². The lowest BCUT2D eigenvalue weighted by Gasteiger charge is -2.32. The monoisotopic (exact) mass is 474 g/mol. The maximum Gasteiger partial charge on any atom is 0.243 e. The van der Waals surface area contributed by atoms with Crippen molar-refractivity contribution >= 4 is 23.6 Å². The topological polar surface area (TPSA) is 49.4 Å². The van der Waals surface area contributed by atoms with Gasteiger partial charge in [-0.05, 0) is 37.5 Å². The van der Waals surface area contributed by atoms with Crippen molar-refractivity contribution in [2.24, 2.45) is 0 Å². The Balaban J connectivity index is 1.81. The van der Waals surface area contributed by atoms with Crippen molar-refractivity contribution in [3.8, 4) is 0 Å². The summed E-state index contributed by atoms with van der Waals surface area (Å²) in [6.45, 7) is 6.35. The Bertz CT molecular complexity index is 1040. The quantitative estimate of drug-likeness (QED) is 0.405. The fraction of sp³-hybridized carbons (Fsp3) is 0.310. The number of nitrogens with zero attached hydrogens (tertiary/aromatic N) is 1. The Hall–Kier alpha value is -3.05. The van der Waals surface area contributed by atoms with Crippen LogP contribution in [0.4, 0.5) is 0 Å². The summed E-state index contributed by atoms with van der Waals surface area (Å²) in [5, 5.41) is 3.03. The molecule has 0 saturated heterocycles. The van der Waals surface area contributed by atoms with E-state index in [4.69, 9.17) is 0 Å². The minimum absolute atomic E-state index is 0.00429. The van der Waals surface area contributed by atoms with Gasteiger partial charge in [0.25, 0.3) is 0 Å². The summed E-state index contributed by atoms with van der Waals surface area (Å²) in [5.74, 6) is 0.931. The zero-order chi connectivity index (χ0) is 24.3. The van der Waals surface area contributed by atoms with E-state index in [-0.39, 0.29) is 17.9 Å². The Morgan fingerprint density at radius 1 is 0.824 bits per heavy atom. The molecule has 0 aliphatic heterocycles. The third kappa shape index (κ3) is 8.07. The van der Waals surface area contributed by atoms with Gasteiger partial charge in [0.1, 0.15) is 6.04 Å². The summed E-state index contributed by atoms with van der Waals surface area (Å²) in [6, 6.07) is 27.6. The normalized spacial score (nSPS) is 11.8. The molecule has 1 unspecified atom stereocenters. The van der Waals surface area contributed by atoms with Gasteiger partial charge in [-0.15, -0.1) is 11.8 Å². The van der Waals surface area contributed by atoms with Crippen molar-refractivity contribution in [3.63, 3.8) is 0 Å². The lowest BCUT2D eigenvalue weighted by molar-refractivity contribution is -0.139. The van der Waals surface area contributed by atoms with Crippen molar-refractivity contribution in [2.45, 2.75) is 51.6 Å². The van der Waals surface area contributed by atoms with Crippen molar-refractivity contribution in [3.05, 3.63) is 107 Å². The van der Waals surface area contributed by atoms with Gasteiger partial charge in [-0.3, -0.25) is 9.59 Å². The third-order valence-corrected chi connectivity index (χ3v) is 6.50. The molecule has 34 heavy (non-hydrogen) atoms. The zero-order valence-electron chi connectivity index (χ0n) is 20.2. The van der Waals surface area contributed by atoms with Gasteiger partial charge >= 0.3 is 0 Å². The third-order valence-electron chi connectivity index (χ3n) is 5.51. The molecule has 0 aliphatic rings. The number of thioether (sulfide) groups is 1. The SMILES string of the molecule is Cc1ccc(CSCC(=O)N(Cc2ccccc2)C(Cc2ccccc2)C(=O)NC(C)C)cc1. The minimum Gasteiger partial charge on any atom is -0.352 e. The highest BCUT2D eigenvalue weighted by atomic mass is 32.2. The predicted octanol–water partition coefficient (Wildman–Crippen LogP) is 5.39. The number of carbonyl (C=O) groups is 2. The van der Waals surface area contributed by atoms with Crippen LogP contribution >= 0.6 is 11.8 Å². The highest BCUT2D eigenvalue weighted by molar-refractivity contribution is 7.99.